The Labute approximate surface area is 122 Å². The molecule has 0 saturated heterocycles. The predicted molar refractivity (Wildman–Crippen MR) is 70.2 cm³/mol. The monoisotopic (exact) mass is 320 g/mol. The number of benzene rings is 1. The SMILES string of the molecule is Cc1ccc(-n2nc(C(F)F)c(C(=O)O)c2Cl)cc1Cl. The van der Waals surface area contributed by atoms with E-state index in [9.17, 15) is 13.6 Å². The van der Waals surface area contributed by atoms with Crippen LogP contribution in [0.4, 0.5) is 8.78 Å². The van der Waals surface area contributed by atoms with Crippen LogP contribution in [-0.4, -0.2) is 20.9 Å². The molecule has 2 aromatic rings. The highest BCUT2D eigenvalue weighted by atomic mass is 35.5. The molecule has 0 aliphatic heterocycles. The van der Waals surface area contributed by atoms with Gasteiger partial charge in [0, 0.05) is 5.02 Å². The molecule has 1 N–H and O–H groups in total. The van der Waals surface area contributed by atoms with Crippen LogP contribution in [0.5, 0.6) is 0 Å². The van der Waals surface area contributed by atoms with Gasteiger partial charge in [-0.05, 0) is 24.6 Å². The largest absolute Gasteiger partial charge is 0.478 e. The average Bonchev–Trinajstić information content (AvgIpc) is 2.71. The number of alkyl halides is 2. The van der Waals surface area contributed by atoms with E-state index in [1.807, 2.05) is 0 Å². The molecule has 0 fully saturated rings. The van der Waals surface area contributed by atoms with Crippen molar-refractivity contribution in [3.05, 3.63) is 45.2 Å². The van der Waals surface area contributed by atoms with Gasteiger partial charge in [0.05, 0.1) is 5.69 Å². The fraction of sp³-hybridized carbons (Fsp3) is 0.167. The Kier molecular flexibility index (Phi) is 3.96. The van der Waals surface area contributed by atoms with E-state index in [-0.39, 0.29) is 0 Å². The number of nitrogens with zero attached hydrogens (tertiary/aromatic N) is 2. The van der Waals surface area contributed by atoms with E-state index >= 15 is 0 Å². The van der Waals surface area contributed by atoms with Gasteiger partial charge in [-0.2, -0.15) is 5.10 Å². The number of carbonyl (C=O) groups is 1. The summed E-state index contributed by atoms with van der Waals surface area (Å²) in [5, 5.41) is 12.5. The normalized spacial score (nSPS) is 11.1. The highest BCUT2D eigenvalue weighted by Crippen LogP contribution is 2.31. The van der Waals surface area contributed by atoms with Crippen LogP contribution in [0.3, 0.4) is 0 Å². The summed E-state index contributed by atoms with van der Waals surface area (Å²) >= 11 is 11.8. The third-order valence-corrected chi connectivity index (χ3v) is 3.43. The maximum Gasteiger partial charge on any atom is 0.341 e. The maximum atomic E-state index is 12.8. The molecule has 20 heavy (non-hydrogen) atoms. The van der Waals surface area contributed by atoms with Crippen molar-refractivity contribution in [1.82, 2.24) is 9.78 Å². The first-order valence-electron chi connectivity index (χ1n) is 5.39. The molecule has 0 atom stereocenters. The zero-order chi connectivity index (χ0) is 15.0. The molecule has 4 nitrogen and oxygen atoms in total. The van der Waals surface area contributed by atoms with Crippen molar-refractivity contribution in [2.75, 3.05) is 0 Å². The van der Waals surface area contributed by atoms with Gasteiger partial charge in [-0.3, -0.25) is 0 Å². The number of carboxylic acids is 1. The Morgan fingerprint density at radius 3 is 2.50 bits per heavy atom. The third-order valence-electron chi connectivity index (χ3n) is 2.68. The fourth-order valence-corrected chi connectivity index (χ4v) is 2.14. The molecule has 1 heterocycles. The quantitative estimate of drug-likeness (QED) is 0.925. The van der Waals surface area contributed by atoms with Gasteiger partial charge >= 0.3 is 5.97 Å². The van der Waals surface area contributed by atoms with E-state index < -0.39 is 28.8 Å². The van der Waals surface area contributed by atoms with Gasteiger partial charge < -0.3 is 5.11 Å². The van der Waals surface area contributed by atoms with Crippen molar-refractivity contribution in [3.8, 4) is 5.69 Å². The zero-order valence-electron chi connectivity index (χ0n) is 10.1. The van der Waals surface area contributed by atoms with Crippen LogP contribution >= 0.6 is 23.2 Å². The predicted octanol–water partition coefficient (Wildman–Crippen LogP) is 4.12. The Hall–Kier alpha value is -1.66. The number of aromatic carboxylic acids is 1. The summed E-state index contributed by atoms with van der Waals surface area (Å²) < 4.78 is 26.6. The highest BCUT2D eigenvalue weighted by Gasteiger charge is 2.28. The van der Waals surface area contributed by atoms with Gasteiger partial charge in [-0.25, -0.2) is 18.3 Å². The van der Waals surface area contributed by atoms with Gasteiger partial charge in [-0.1, -0.05) is 29.3 Å². The van der Waals surface area contributed by atoms with Crippen molar-refractivity contribution in [1.29, 1.82) is 0 Å². The second-order valence-corrected chi connectivity index (χ2v) is 4.77. The summed E-state index contributed by atoms with van der Waals surface area (Å²) in [6, 6.07) is 4.68. The molecular formula is C12H8Cl2F2N2O2. The molecule has 0 bridgehead atoms. The number of aryl methyl sites for hydroxylation is 1. The molecule has 2 rings (SSSR count). The van der Waals surface area contributed by atoms with Crippen molar-refractivity contribution in [3.63, 3.8) is 0 Å². The van der Waals surface area contributed by atoms with Gasteiger partial charge in [0.15, 0.2) is 0 Å². The maximum absolute atomic E-state index is 12.8. The summed E-state index contributed by atoms with van der Waals surface area (Å²) in [5.74, 6) is -1.56. The van der Waals surface area contributed by atoms with Crippen LogP contribution < -0.4 is 0 Å². The molecule has 0 aliphatic rings. The molecule has 0 spiro atoms. The minimum absolute atomic E-state index is 0.306. The van der Waals surface area contributed by atoms with E-state index in [4.69, 9.17) is 28.3 Å². The summed E-state index contributed by atoms with van der Waals surface area (Å²) in [4.78, 5) is 11.0. The lowest BCUT2D eigenvalue weighted by molar-refractivity contribution is 0.0684. The van der Waals surface area contributed by atoms with Gasteiger partial charge in [0.25, 0.3) is 6.43 Å². The molecule has 0 amide bonds. The molecule has 1 aromatic carbocycles. The van der Waals surface area contributed by atoms with Crippen molar-refractivity contribution >= 4 is 29.2 Å². The second-order valence-electron chi connectivity index (χ2n) is 4.00. The fourth-order valence-electron chi connectivity index (χ4n) is 1.65. The average molecular weight is 321 g/mol. The summed E-state index contributed by atoms with van der Waals surface area (Å²) in [6.45, 7) is 1.77. The summed E-state index contributed by atoms with van der Waals surface area (Å²) in [5.41, 5.74) is -0.496. The van der Waals surface area contributed by atoms with Crippen LogP contribution in [0, 0.1) is 6.92 Å². The first-order chi connectivity index (χ1) is 9.32. The lowest BCUT2D eigenvalue weighted by Gasteiger charge is -2.05. The first kappa shape index (κ1) is 14.7. The highest BCUT2D eigenvalue weighted by molar-refractivity contribution is 6.33. The summed E-state index contributed by atoms with van der Waals surface area (Å²) in [7, 11) is 0. The van der Waals surface area contributed by atoms with E-state index in [1.165, 1.54) is 6.07 Å². The Morgan fingerprint density at radius 1 is 1.40 bits per heavy atom. The van der Waals surface area contributed by atoms with Crippen LogP contribution in [-0.2, 0) is 0 Å². The van der Waals surface area contributed by atoms with Crippen LogP contribution in [0.25, 0.3) is 5.69 Å². The van der Waals surface area contributed by atoms with Crippen LogP contribution in [0.2, 0.25) is 10.2 Å². The summed E-state index contributed by atoms with van der Waals surface area (Å²) in [6.07, 6.45) is -3.04. The van der Waals surface area contributed by atoms with Gasteiger partial charge in [0.2, 0.25) is 0 Å². The van der Waals surface area contributed by atoms with Crippen LogP contribution in [0.1, 0.15) is 28.0 Å². The van der Waals surface area contributed by atoms with Gasteiger partial charge in [-0.15, -0.1) is 0 Å². The second kappa shape index (κ2) is 5.38. The molecule has 8 heteroatoms. The number of aromatic nitrogens is 2. The molecule has 1 aromatic heterocycles. The zero-order valence-corrected chi connectivity index (χ0v) is 11.6. The molecule has 106 valence electrons. The van der Waals surface area contributed by atoms with E-state index in [1.54, 1.807) is 19.1 Å². The molecule has 0 unspecified atom stereocenters. The van der Waals surface area contributed by atoms with Gasteiger partial charge in [0.1, 0.15) is 16.4 Å². The van der Waals surface area contributed by atoms with Crippen LogP contribution in [0.15, 0.2) is 18.2 Å². The molecule has 0 saturated carbocycles. The lowest BCUT2D eigenvalue weighted by atomic mass is 10.2. The number of carboxylic acid groups (broad SMARTS) is 1. The number of rotatable bonds is 3. The minimum atomic E-state index is -3.04. The Bertz CT molecular complexity index is 686. The number of hydrogen-bond donors (Lipinski definition) is 1. The van der Waals surface area contributed by atoms with E-state index in [0.717, 1.165) is 10.2 Å². The van der Waals surface area contributed by atoms with Crippen molar-refractivity contribution in [2.45, 2.75) is 13.3 Å². The van der Waals surface area contributed by atoms with Crippen molar-refractivity contribution in [2.24, 2.45) is 0 Å². The number of hydrogen-bond acceptors (Lipinski definition) is 2. The topological polar surface area (TPSA) is 55.1 Å². The lowest BCUT2D eigenvalue weighted by Crippen LogP contribution is -2.01. The first-order valence-corrected chi connectivity index (χ1v) is 6.15. The number of halogens is 4. The molecule has 0 radical (unpaired) electrons. The standard InChI is InChI=1S/C12H8Cl2F2N2O2/c1-5-2-3-6(4-7(5)13)18-10(14)8(12(19)20)9(17-18)11(15)16/h2-4,11H,1H3,(H,19,20). The minimum Gasteiger partial charge on any atom is -0.478 e. The van der Waals surface area contributed by atoms with E-state index in [2.05, 4.69) is 5.10 Å². The molecule has 0 aliphatic carbocycles. The van der Waals surface area contributed by atoms with Crippen molar-refractivity contribution < 1.29 is 18.7 Å². The van der Waals surface area contributed by atoms with E-state index in [0.29, 0.717) is 10.7 Å². The smallest absolute Gasteiger partial charge is 0.341 e. The molecular weight excluding hydrogens is 313 g/mol. The Morgan fingerprint density at radius 2 is 2.05 bits per heavy atom. The third kappa shape index (κ3) is 2.48. The Balaban J connectivity index is 2.66.